The summed E-state index contributed by atoms with van der Waals surface area (Å²) in [6.45, 7) is 8.44. The van der Waals surface area contributed by atoms with Crippen molar-refractivity contribution in [3.8, 4) is 11.5 Å². The number of anilines is 1. The third-order valence-corrected chi connectivity index (χ3v) is 5.74. The Hall–Kier alpha value is -2.99. The Balaban J connectivity index is 1.30. The second-order valence-electron chi connectivity index (χ2n) is 8.24. The molecule has 0 bridgehead atoms. The third kappa shape index (κ3) is 4.76. The van der Waals surface area contributed by atoms with E-state index in [9.17, 15) is 4.79 Å². The van der Waals surface area contributed by atoms with Gasteiger partial charge in [-0.15, -0.1) is 0 Å². The van der Waals surface area contributed by atoms with Gasteiger partial charge >= 0.3 is 0 Å². The van der Waals surface area contributed by atoms with Gasteiger partial charge in [-0.25, -0.2) is 0 Å². The van der Waals surface area contributed by atoms with Crippen LogP contribution in [0.25, 0.3) is 11.5 Å². The number of benzene rings is 2. The maximum absolute atomic E-state index is 12.7. The van der Waals surface area contributed by atoms with Crippen molar-refractivity contribution in [2.75, 3.05) is 18.4 Å². The smallest absolute Gasteiger partial charge is 0.257 e. The van der Waals surface area contributed by atoms with Crippen LogP contribution in [0.5, 0.6) is 0 Å². The first-order valence-corrected chi connectivity index (χ1v) is 10.5. The normalized spacial score (nSPS) is 15.3. The van der Waals surface area contributed by atoms with Crippen LogP contribution in [0.1, 0.15) is 35.4 Å². The number of carbonyl (C=O) groups excluding carboxylic acids is 1. The summed E-state index contributed by atoms with van der Waals surface area (Å²) in [6, 6.07) is 14.2. The molecule has 2 aromatic carbocycles. The molecule has 2 heterocycles. The zero-order valence-electron chi connectivity index (χ0n) is 17.8. The van der Waals surface area contributed by atoms with E-state index in [2.05, 4.69) is 33.3 Å². The van der Waals surface area contributed by atoms with Crippen molar-refractivity contribution in [1.29, 1.82) is 0 Å². The Bertz CT molecular complexity index is 1020. The van der Waals surface area contributed by atoms with Crippen molar-refractivity contribution in [2.24, 2.45) is 5.92 Å². The molecule has 1 N–H and O–H groups in total. The fourth-order valence-electron chi connectivity index (χ4n) is 3.79. The summed E-state index contributed by atoms with van der Waals surface area (Å²) < 4.78 is 5.43. The molecule has 0 unspecified atom stereocenters. The number of amides is 1. The summed E-state index contributed by atoms with van der Waals surface area (Å²) in [4.78, 5) is 19.5. The lowest BCUT2D eigenvalue weighted by Gasteiger charge is -2.30. The number of aryl methyl sites for hydroxylation is 3. The van der Waals surface area contributed by atoms with Crippen LogP contribution >= 0.6 is 0 Å². The van der Waals surface area contributed by atoms with Crippen LogP contribution in [0.2, 0.25) is 0 Å². The van der Waals surface area contributed by atoms with Gasteiger partial charge in [-0.1, -0.05) is 35.0 Å². The second-order valence-corrected chi connectivity index (χ2v) is 8.24. The van der Waals surface area contributed by atoms with Gasteiger partial charge in [0.15, 0.2) is 5.82 Å². The van der Waals surface area contributed by atoms with E-state index in [0.29, 0.717) is 18.3 Å². The molecule has 0 aliphatic carbocycles. The Morgan fingerprint density at radius 3 is 2.50 bits per heavy atom. The largest absolute Gasteiger partial charge is 0.334 e. The molecule has 1 aliphatic rings. The van der Waals surface area contributed by atoms with Crippen LogP contribution in [-0.2, 0) is 11.3 Å². The van der Waals surface area contributed by atoms with Gasteiger partial charge in [0.2, 0.25) is 5.91 Å². The molecular weight excluding hydrogens is 376 g/mol. The van der Waals surface area contributed by atoms with E-state index in [4.69, 9.17) is 4.52 Å². The number of carbonyl (C=O) groups is 1. The van der Waals surface area contributed by atoms with E-state index in [0.717, 1.165) is 48.3 Å². The van der Waals surface area contributed by atoms with Gasteiger partial charge in [0.05, 0.1) is 6.54 Å². The van der Waals surface area contributed by atoms with E-state index >= 15 is 0 Å². The minimum atomic E-state index is 0.0366. The van der Waals surface area contributed by atoms with E-state index in [1.54, 1.807) is 0 Å². The van der Waals surface area contributed by atoms with E-state index < -0.39 is 0 Å². The quantitative estimate of drug-likeness (QED) is 0.677. The molecule has 3 aromatic rings. The van der Waals surface area contributed by atoms with Crippen molar-refractivity contribution in [2.45, 2.75) is 40.2 Å². The van der Waals surface area contributed by atoms with Crippen LogP contribution in [0.4, 0.5) is 5.69 Å². The van der Waals surface area contributed by atoms with Gasteiger partial charge in [-0.3, -0.25) is 9.69 Å². The molecule has 6 heteroatoms. The van der Waals surface area contributed by atoms with Gasteiger partial charge in [0.25, 0.3) is 5.89 Å². The topological polar surface area (TPSA) is 71.3 Å². The van der Waals surface area contributed by atoms with E-state index in [-0.39, 0.29) is 11.8 Å². The molecule has 0 radical (unpaired) electrons. The number of nitrogens with zero attached hydrogens (tertiary/aromatic N) is 3. The molecule has 156 valence electrons. The van der Waals surface area contributed by atoms with Gasteiger partial charge in [0.1, 0.15) is 0 Å². The number of likely N-dealkylation sites (tertiary alicyclic amines) is 1. The number of aromatic nitrogens is 2. The van der Waals surface area contributed by atoms with Gasteiger partial charge < -0.3 is 9.84 Å². The molecule has 1 amide bonds. The molecule has 0 saturated carbocycles. The Morgan fingerprint density at radius 2 is 1.77 bits per heavy atom. The lowest BCUT2D eigenvalue weighted by molar-refractivity contribution is -0.121. The summed E-state index contributed by atoms with van der Waals surface area (Å²) in [5.41, 5.74) is 5.28. The monoisotopic (exact) mass is 404 g/mol. The predicted octanol–water partition coefficient (Wildman–Crippen LogP) is 4.51. The Labute approximate surface area is 177 Å². The highest BCUT2D eigenvalue weighted by molar-refractivity contribution is 5.93. The number of hydrogen-bond acceptors (Lipinski definition) is 5. The van der Waals surface area contributed by atoms with Gasteiger partial charge in [-0.2, -0.15) is 4.98 Å². The van der Waals surface area contributed by atoms with Crippen LogP contribution < -0.4 is 5.32 Å². The molecule has 0 spiro atoms. The number of nitrogens with one attached hydrogen (secondary N) is 1. The fraction of sp³-hybridized carbons (Fsp3) is 0.375. The molecule has 1 saturated heterocycles. The van der Waals surface area contributed by atoms with Crippen LogP contribution in [0, 0.1) is 26.7 Å². The Morgan fingerprint density at radius 1 is 1.07 bits per heavy atom. The average Bonchev–Trinajstić information content (AvgIpc) is 3.20. The standard InChI is InChI=1S/C24H28N4O2/c1-16-5-8-20(9-6-16)24-26-22(27-30-24)15-28-12-10-19(11-13-28)23(29)25-21-14-17(2)4-7-18(21)3/h4-9,14,19H,10-13,15H2,1-3H3,(H,25,29). The number of rotatable bonds is 5. The summed E-state index contributed by atoms with van der Waals surface area (Å²) in [5, 5.41) is 7.24. The van der Waals surface area contributed by atoms with Crippen LogP contribution in [0.3, 0.4) is 0 Å². The van der Waals surface area contributed by atoms with E-state index in [1.807, 2.05) is 50.2 Å². The average molecular weight is 405 g/mol. The van der Waals surface area contributed by atoms with Gasteiger partial charge in [-0.05, 0) is 76.0 Å². The number of piperidine rings is 1. The first kappa shape index (κ1) is 20.3. The summed E-state index contributed by atoms with van der Waals surface area (Å²) in [7, 11) is 0. The predicted molar refractivity (Wildman–Crippen MR) is 117 cm³/mol. The number of hydrogen-bond donors (Lipinski definition) is 1. The molecule has 1 aliphatic heterocycles. The first-order valence-electron chi connectivity index (χ1n) is 10.5. The summed E-state index contributed by atoms with van der Waals surface area (Å²) in [5.74, 6) is 1.38. The molecule has 30 heavy (non-hydrogen) atoms. The van der Waals surface area contributed by atoms with Crippen LogP contribution in [-0.4, -0.2) is 34.0 Å². The maximum Gasteiger partial charge on any atom is 0.257 e. The lowest BCUT2D eigenvalue weighted by Crippen LogP contribution is -2.38. The van der Waals surface area contributed by atoms with Crippen molar-refractivity contribution < 1.29 is 9.32 Å². The molecule has 1 aromatic heterocycles. The molecule has 0 atom stereocenters. The van der Waals surface area contributed by atoms with E-state index in [1.165, 1.54) is 5.56 Å². The second kappa shape index (κ2) is 8.79. The molecule has 4 rings (SSSR count). The first-order chi connectivity index (χ1) is 14.5. The van der Waals surface area contributed by atoms with Crippen molar-refractivity contribution in [3.05, 3.63) is 65.0 Å². The highest BCUT2D eigenvalue weighted by Gasteiger charge is 2.26. The zero-order chi connectivity index (χ0) is 21.1. The summed E-state index contributed by atoms with van der Waals surface area (Å²) in [6.07, 6.45) is 1.67. The minimum absolute atomic E-state index is 0.0366. The highest BCUT2D eigenvalue weighted by atomic mass is 16.5. The SMILES string of the molecule is Cc1ccc(-c2nc(CN3CCC(C(=O)Nc4cc(C)ccc4C)CC3)no2)cc1. The van der Waals surface area contributed by atoms with Crippen molar-refractivity contribution in [3.63, 3.8) is 0 Å². The third-order valence-electron chi connectivity index (χ3n) is 5.74. The molecular formula is C24H28N4O2. The minimum Gasteiger partial charge on any atom is -0.334 e. The molecule has 6 nitrogen and oxygen atoms in total. The van der Waals surface area contributed by atoms with Crippen molar-refractivity contribution >= 4 is 11.6 Å². The van der Waals surface area contributed by atoms with Gasteiger partial charge in [0, 0.05) is 17.2 Å². The maximum atomic E-state index is 12.7. The Kier molecular flexibility index (Phi) is 5.95. The molecule has 1 fully saturated rings. The van der Waals surface area contributed by atoms with Crippen LogP contribution in [0.15, 0.2) is 47.0 Å². The highest BCUT2D eigenvalue weighted by Crippen LogP contribution is 2.23. The fourth-order valence-corrected chi connectivity index (χ4v) is 3.79. The lowest BCUT2D eigenvalue weighted by atomic mass is 9.95. The summed E-state index contributed by atoms with van der Waals surface area (Å²) >= 11 is 0. The van der Waals surface area contributed by atoms with Crippen molar-refractivity contribution in [1.82, 2.24) is 15.0 Å². The zero-order valence-corrected chi connectivity index (χ0v) is 17.8.